The third-order valence-corrected chi connectivity index (χ3v) is 5.53. The fourth-order valence-corrected chi connectivity index (χ4v) is 3.99. The zero-order valence-electron chi connectivity index (χ0n) is 15.7. The SMILES string of the molecule is Cc1c(Cc2c(C3CCOCC3)[nH]c3cc(=O)[nH]n3c2=O)cccc1C(F)(F)F. The monoisotopic (exact) mass is 407 g/mol. The molecule has 1 aliphatic rings. The Morgan fingerprint density at radius 3 is 2.62 bits per heavy atom. The maximum Gasteiger partial charge on any atom is 0.416 e. The van der Waals surface area contributed by atoms with Crippen LogP contribution in [0.15, 0.2) is 33.9 Å². The second kappa shape index (κ2) is 7.22. The first-order chi connectivity index (χ1) is 13.8. The van der Waals surface area contributed by atoms with E-state index in [1.165, 1.54) is 19.1 Å². The Bertz CT molecular complexity index is 1170. The zero-order valence-corrected chi connectivity index (χ0v) is 15.7. The van der Waals surface area contributed by atoms with Crippen LogP contribution in [0.1, 0.15) is 46.7 Å². The van der Waals surface area contributed by atoms with Gasteiger partial charge in [-0.3, -0.25) is 14.7 Å². The standard InChI is InChI=1S/C20H20F3N3O3/c1-11-13(3-2-4-15(11)20(21,22)23)9-14-18(12-5-7-29-8-6-12)24-16-10-17(27)25-26(16)19(14)28/h2-4,10,12,24H,5-9H2,1H3,(H,25,27). The van der Waals surface area contributed by atoms with E-state index in [0.29, 0.717) is 48.5 Å². The van der Waals surface area contributed by atoms with Crippen molar-refractivity contribution in [3.63, 3.8) is 0 Å². The van der Waals surface area contributed by atoms with Crippen molar-refractivity contribution in [2.45, 2.75) is 38.3 Å². The Morgan fingerprint density at radius 1 is 1.21 bits per heavy atom. The molecule has 3 aromatic rings. The van der Waals surface area contributed by atoms with Crippen LogP contribution >= 0.6 is 0 Å². The Hall–Kier alpha value is -2.81. The van der Waals surface area contributed by atoms with Gasteiger partial charge in [0.15, 0.2) is 0 Å². The third-order valence-electron chi connectivity index (χ3n) is 5.53. The molecule has 29 heavy (non-hydrogen) atoms. The minimum absolute atomic E-state index is 0.00700. The molecule has 1 fully saturated rings. The number of nitrogens with zero attached hydrogens (tertiary/aromatic N) is 1. The zero-order chi connectivity index (χ0) is 20.8. The number of benzene rings is 1. The second-order valence-corrected chi connectivity index (χ2v) is 7.31. The molecule has 3 heterocycles. The lowest BCUT2D eigenvalue weighted by molar-refractivity contribution is -0.138. The molecule has 0 radical (unpaired) electrons. The first-order valence-corrected chi connectivity index (χ1v) is 9.36. The molecule has 0 amide bonds. The second-order valence-electron chi connectivity index (χ2n) is 7.31. The first-order valence-electron chi connectivity index (χ1n) is 9.36. The summed E-state index contributed by atoms with van der Waals surface area (Å²) < 4.78 is 46.4. The summed E-state index contributed by atoms with van der Waals surface area (Å²) >= 11 is 0. The highest BCUT2D eigenvalue weighted by molar-refractivity contribution is 5.44. The Balaban J connectivity index is 1.88. The summed E-state index contributed by atoms with van der Waals surface area (Å²) in [6, 6.07) is 5.28. The minimum atomic E-state index is -4.47. The van der Waals surface area contributed by atoms with Gasteiger partial charge in [0.05, 0.1) is 5.56 Å². The highest BCUT2D eigenvalue weighted by atomic mass is 19.4. The number of aromatic nitrogens is 3. The molecular weight excluding hydrogens is 387 g/mol. The molecule has 4 rings (SSSR count). The number of alkyl halides is 3. The number of halogens is 3. The molecule has 0 atom stereocenters. The number of aromatic amines is 2. The van der Waals surface area contributed by atoms with Crippen LogP contribution in [0.4, 0.5) is 13.2 Å². The molecular formula is C20H20F3N3O3. The van der Waals surface area contributed by atoms with Gasteiger partial charge in [-0.15, -0.1) is 0 Å². The quantitative estimate of drug-likeness (QED) is 0.700. The van der Waals surface area contributed by atoms with Gasteiger partial charge in [0, 0.05) is 42.9 Å². The molecule has 0 saturated carbocycles. The molecule has 0 bridgehead atoms. The van der Waals surface area contributed by atoms with Crippen LogP contribution in [-0.4, -0.2) is 27.8 Å². The highest BCUT2D eigenvalue weighted by Gasteiger charge is 2.33. The average Bonchev–Trinajstić information content (AvgIpc) is 3.05. The summed E-state index contributed by atoms with van der Waals surface area (Å²) in [6.45, 7) is 2.50. The van der Waals surface area contributed by atoms with Gasteiger partial charge < -0.3 is 9.72 Å². The number of nitrogens with one attached hydrogen (secondary N) is 2. The third kappa shape index (κ3) is 3.62. The molecule has 2 N–H and O–H groups in total. The molecule has 0 unspecified atom stereocenters. The van der Waals surface area contributed by atoms with Crippen LogP contribution in [0.3, 0.4) is 0 Å². The van der Waals surface area contributed by atoms with Gasteiger partial charge in [0.2, 0.25) is 0 Å². The predicted octanol–water partition coefficient (Wildman–Crippen LogP) is 3.13. The number of ether oxygens (including phenoxy) is 1. The molecule has 2 aromatic heterocycles. The molecule has 6 nitrogen and oxygen atoms in total. The Morgan fingerprint density at radius 2 is 1.93 bits per heavy atom. The molecule has 0 spiro atoms. The van der Waals surface area contributed by atoms with E-state index in [4.69, 9.17) is 4.74 Å². The van der Waals surface area contributed by atoms with E-state index in [-0.39, 0.29) is 17.9 Å². The molecule has 1 aromatic carbocycles. The average molecular weight is 407 g/mol. The fourth-order valence-electron chi connectivity index (χ4n) is 3.99. The van der Waals surface area contributed by atoms with Crippen molar-refractivity contribution in [3.8, 4) is 0 Å². The van der Waals surface area contributed by atoms with E-state index in [9.17, 15) is 22.8 Å². The van der Waals surface area contributed by atoms with Gasteiger partial charge in [0.1, 0.15) is 5.65 Å². The summed E-state index contributed by atoms with van der Waals surface area (Å²) in [6.07, 6.45) is -3.05. The molecule has 0 aliphatic carbocycles. The lowest BCUT2D eigenvalue weighted by Crippen LogP contribution is -2.27. The van der Waals surface area contributed by atoms with Gasteiger partial charge in [-0.1, -0.05) is 12.1 Å². The van der Waals surface area contributed by atoms with E-state index in [1.54, 1.807) is 6.07 Å². The fraction of sp³-hybridized carbons (Fsp3) is 0.400. The van der Waals surface area contributed by atoms with Crippen molar-refractivity contribution in [1.82, 2.24) is 14.6 Å². The van der Waals surface area contributed by atoms with Gasteiger partial charge in [0.25, 0.3) is 11.1 Å². The summed E-state index contributed by atoms with van der Waals surface area (Å²) in [5.74, 6) is 0.00700. The van der Waals surface area contributed by atoms with Crippen LogP contribution in [0.5, 0.6) is 0 Å². The van der Waals surface area contributed by atoms with Gasteiger partial charge in [-0.2, -0.15) is 13.2 Å². The Kier molecular flexibility index (Phi) is 4.85. The maximum absolute atomic E-state index is 13.3. The van der Waals surface area contributed by atoms with Crippen LogP contribution in [0.2, 0.25) is 0 Å². The normalized spacial score (nSPS) is 15.9. The molecule has 154 valence electrons. The van der Waals surface area contributed by atoms with Crippen molar-refractivity contribution < 1.29 is 17.9 Å². The Labute approximate surface area is 163 Å². The van der Waals surface area contributed by atoms with E-state index in [0.717, 1.165) is 10.6 Å². The number of hydrogen-bond donors (Lipinski definition) is 2. The summed E-state index contributed by atoms with van der Waals surface area (Å²) in [7, 11) is 0. The number of H-pyrrole nitrogens is 2. The van der Waals surface area contributed by atoms with Crippen LogP contribution < -0.4 is 11.1 Å². The molecule has 9 heteroatoms. The first kappa shape index (κ1) is 19.5. The van der Waals surface area contributed by atoms with Crippen molar-refractivity contribution in [3.05, 3.63) is 72.9 Å². The molecule has 1 saturated heterocycles. The van der Waals surface area contributed by atoms with Crippen molar-refractivity contribution in [2.75, 3.05) is 13.2 Å². The smallest absolute Gasteiger partial charge is 0.381 e. The number of hydrogen-bond acceptors (Lipinski definition) is 3. The van der Waals surface area contributed by atoms with Crippen LogP contribution in [-0.2, 0) is 17.3 Å². The van der Waals surface area contributed by atoms with Gasteiger partial charge >= 0.3 is 6.18 Å². The number of rotatable bonds is 3. The van der Waals surface area contributed by atoms with Gasteiger partial charge in [-0.25, -0.2) is 4.52 Å². The van der Waals surface area contributed by atoms with E-state index < -0.39 is 22.9 Å². The topological polar surface area (TPSA) is 79.4 Å². The lowest BCUT2D eigenvalue weighted by Gasteiger charge is -2.24. The molecule has 1 aliphatic heterocycles. The summed E-state index contributed by atoms with van der Waals surface area (Å²) in [5.41, 5.74) is 0.307. The minimum Gasteiger partial charge on any atom is -0.381 e. The maximum atomic E-state index is 13.3. The van der Waals surface area contributed by atoms with E-state index >= 15 is 0 Å². The van der Waals surface area contributed by atoms with Crippen molar-refractivity contribution >= 4 is 5.65 Å². The van der Waals surface area contributed by atoms with Crippen LogP contribution in [0, 0.1) is 6.92 Å². The highest BCUT2D eigenvalue weighted by Crippen LogP contribution is 2.34. The predicted molar refractivity (Wildman–Crippen MR) is 100 cm³/mol. The van der Waals surface area contributed by atoms with E-state index in [2.05, 4.69) is 10.1 Å². The summed E-state index contributed by atoms with van der Waals surface area (Å²) in [5, 5.41) is 2.45. The largest absolute Gasteiger partial charge is 0.416 e. The number of fused-ring (bicyclic) bond motifs is 1. The van der Waals surface area contributed by atoms with Gasteiger partial charge in [-0.05, 0) is 37.0 Å². The van der Waals surface area contributed by atoms with Crippen molar-refractivity contribution in [2.24, 2.45) is 0 Å². The summed E-state index contributed by atoms with van der Waals surface area (Å²) in [4.78, 5) is 28.0. The lowest BCUT2D eigenvalue weighted by atomic mass is 9.89. The van der Waals surface area contributed by atoms with Crippen molar-refractivity contribution in [1.29, 1.82) is 0 Å². The van der Waals surface area contributed by atoms with Crippen LogP contribution in [0.25, 0.3) is 5.65 Å². The van der Waals surface area contributed by atoms with E-state index in [1.807, 2.05) is 0 Å².